The molecule has 0 saturated heterocycles. The highest BCUT2D eigenvalue weighted by Crippen LogP contribution is 2.21. The van der Waals surface area contributed by atoms with Crippen LogP contribution in [0.5, 0.6) is 0 Å². The first kappa shape index (κ1) is 16.3. The van der Waals surface area contributed by atoms with Gasteiger partial charge in [-0.2, -0.15) is 4.98 Å². The molecule has 3 heterocycles. The summed E-state index contributed by atoms with van der Waals surface area (Å²) in [6.07, 6.45) is 1.52. The van der Waals surface area contributed by atoms with Crippen molar-refractivity contribution in [1.82, 2.24) is 24.9 Å². The summed E-state index contributed by atoms with van der Waals surface area (Å²) < 4.78 is 6.77. The first-order valence-corrected chi connectivity index (χ1v) is 8.28. The molecule has 0 aliphatic heterocycles. The summed E-state index contributed by atoms with van der Waals surface area (Å²) in [6.45, 7) is 5.74. The van der Waals surface area contributed by atoms with E-state index in [1.807, 2.05) is 20.8 Å². The highest BCUT2D eigenvalue weighted by Gasteiger charge is 2.17. The molecule has 2 N–H and O–H groups in total. The molecule has 0 saturated carbocycles. The molecule has 0 aliphatic rings. The van der Waals surface area contributed by atoms with Gasteiger partial charge in [-0.15, -0.1) is 0 Å². The van der Waals surface area contributed by atoms with Crippen molar-refractivity contribution < 1.29 is 9.21 Å². The zero-order chi connectivity index (χ0) is 17.3. The third-order valence-electron chi connectivity index (χ3n) is 2.91. The lowest BCUT2D eigenvalue weighted by Gasteiger charge is -2.20. The van der Waals surface area contributed by atoms with Gasteiger partial charge in [-0.05, 0) is 32.9 Å². The van der Waals surface area contributed by atoms with Gasteiger partial charge in [-0.3, -0.25) is 14.7 Å². The molecule has 0 aliphatic carbocycles. The van der Waals surface area contributed by atoms with E-state index in [1.165, 1.54) is 28.6 Å². The molecule has 126 valence electrons. The van der Waals surface area contributed by atoms with Crippen molar-refractivity contribution >= 4 is 23.3 Å². The van der Waals surface area contributed by atoms with Gasteiger partial charge in [0.1, 0.15) is 0 Å². The molecule has 3 aromatic heterocycles. The van der Waals surface area contributed by atoms with Crippen LogP contribution in [-0.4, -0.2) is 36.8 Å². The minimum absolute atomic E-state index is 0.117. The van der Waals surface area contributed by atoms with E-state index >= 15 is 0 Å². The van der Waals surface area contributed by atoms with Crippen molar-refractivity contribution in [2.45, 2.75) is 31.5 Å². The Morgan fingerprint density at radius 1 is 1.42 bits per heavy atom. The molecule has 3 aromatic rings. The van der Waals surface area contributed by atoms with Gasteiger partial charge in [0.2, 0.25) is 5.91 Å². The zero-order valence-corrected chi connectivity index (χ0v) is 14.3. The monoisotopic (exact) mass is 347 g/mol. The van der Waals surface area contributed by atoms with Gasteiger partial charge in [0.15, 0.2) is 22.4 Å². The number of furan rings is 1. The molecule has 1 amide bonds. The van der Waals surface area contributed by atoms with E-state index in [0.29, 0.717) is 22.4 Å². The molecule has 0 spiro atoms. The van der Waals surface area contributed by atoms with Gasteiger partial charge in [0.25, 0.3) is 5.56 Å². The van der Waals surface area contributed by atoms with Crippen LogP contribution in [0, 0.1) is 0 Å². The molecule has 0 bridgehead atoms. The number of rotatable bonds is 4. The van der Waals surface area contributed by atoms with Crippen LogP contribution in [0.4, 0.5) is 0 Å². The number of aromatic amines is 1. The maximum atomic E-state index is 12.0. The van der Waals surface area contributed by atoms with Crippen molar-refractivity contribution in [3.63, 3.8) is 0 Å². The number of nitrogens with one attached hydrogen (secondary N) is 2. The second-order valence-electron chi connectivity index (χ2n) is 6.21. The summed E-state index contributed by atoms with van der Waals surface area (Å²) in [7, 11) is 0. The summed E-state index contributed by atoms with van der Waals surface area (Å²) in [5, 5.41) is 5.96. The van der Waals surface area contributed by atoms with Crippen molar-refractivity contribution in [2.24, 2.45) is 0 Å². The van der Waals surface area contributed by atoms with Crippen LogP contribution >= 0.6 is 11.8 Å². The van der Waals surface area contributed by atoms with Gasteiger partial charge in [0, 0.05) is 11.6 Å². The van der Waals surface area contributed by atoms with E-state index in [4.69, 9.17) is 4.42 Å². The fraction of sp³-hybridized carbons (Fsp3) is 0.333. The highest BCUT2D eigenvalue weighted by atomic mass is 32.2. The fourth-order valence-electron chi connectivity index (χ4n) is 2.08. The second kappa shape index (κ2) is 6.16. The Balaban J connectivity index is 1.91. The number of fused-ring (bicyclic) bond motifs is 1. The average molecular weight is 347 g/mol. The Morgan fingerprint density at radius 2 is 2.21 bits per heavy atom. The molecule has 3 rings (SSSR count). The van der Waals surface area contributed by atoms with Gasteiger partial charge >= 0.3 is 0 Å². The molecule has 24 heavy (non-hydrogen) atoms. The number of hydrogen-bond acceptors (Lipinski definition) is 6. The Morgan fingerprint density at radius 3 is 2.88 bits per heavy atom. The summed E-state index contributed by atoms with van der Waals surface area (Å²) in [5.41, 5.74) is -0.179. The van der Waals surface area contributed by atoms with Gasteiger partial charge < -0.3 is 9.73 Å². The number of aromatic nitrogens is 4. The number of thioether (sulfide) groups is 1. The van der Waals surface area contributed by atoms with Crippen LogP contribution in [0.15, 0.2) is 38.8 Å². The van der Waals surface area contributed by atoms with Crippen LogP contribution in [0.1, 0.15) is 20.8 Å². The molecular formula is C15H17N5O3S. The van der Waals surface area contributed by atoms with Crippen LogP contribution < -0.4 is 10.9 Å². The number of amides is 1. The Bertz CT molecular complexity index is 921. The van der Waals surface area contributed by atoms with Gasteiger partial charge in [0.05, 0.1) is 12.0 Å². The van der Waals surface area contributed by atoms with E-state index in [2.05, 4.69) is 20.4 Å². The van der Waals surface area contributed by atoms with Gasteiger partial charge in [-0.25, -0.2) is 9.50 Å². The molecule has 0 radical (unpaired) electrons. The van der Waals surface area contributed by atoms with Crippen molar-refractivity contribution in [3.05, 3.63) is 34.8 Å². The van der Waals surface area contributed by atoms with Crippen LogP contribution in [0.25, 0.3) is 17.2 Å². The van der Waals surface area contributed by atoms with E-state index in [-0.39, 0.29) is 22.8 Å². The van der Waals surface area contributed by atoms with Crippen molar-refractivity contribution in [2.75, 3.05) is 5.75 Å². The van der Waals surface area contributed by atoms with E-state index in [1.54, 1.807) is 12.1 Å². The normalized spacial score (nSPS) is 11.8. The first-order chi connectivity index (χ1) is 11.3. The summed E-state index contributed by atoms with van der Waals surface area (Å²) >= 11 is 1.21. The molecular weight excluding hydrogens is 330 g/mol. The Hall–Kier alpha value is -2.55. The maximum absolute atomic E-state index is 12.0. The average Bonchev–Trinajstić information content (AvgIpc) is 3.10. The SMILES string of the molecule is CC(C)(C)NC(=O)CSc1nc(-c2ccco2)nc2cc(=O)[nH]n12. The van der Waals surface area contributed by atoms with Crippen LogP contribution in [0.3, 0.4) is 0 Å². The molecule has 0 atom stereocenters. The molecule has 0 aromatic carbocycles. The van der Waals surface area contributed by atoms with Crippen molar-refractivity contribution in [1.29, 1.82) is 0 Å². The van der Waals surface area contributed by atoms with Crippen molar-refractivity contribution in [3.8, 4) is 11.6 Å². The lowest BCUT2D eigenvalue weighted by atomic mass is 10.1. The number of H-pyrrole nitrogens is 1. The molecule has 0 unspecified atom stereocenters. The van der Waals surface area contributed by atoms with Crippen LogP contribution in [-0.2, 0) is 4.79 Å². The predicted molar refractivity (Wildman–Crippen MR) is 89.9 cm³/mol. The third-order valence-corrected chi connectivity index (χ3v) is 3.85. The molecule has 0 fully saturated rings. The lowest BCUT2D eigenvalue weighted by molar-refractivity contribution is -0.119. The standard InChI is InChI=1S/C15H17N5O3S/c1-15(2,3)18-12(22)8-24-14-17-13(9-5-4-6-23-9)16-10-7-11(21)19-20(10)14/h4-7H,8H2,1-3H3,(H,18,22)(H,19,21). The Labute approximate surface area is 141 Å². The third kappa shape index (κ3) is 3.67. The van der Waals surface area contributed by atoms with E-state index in [0.717, 1.165) is 0 Å². The van der Waals surface area contributed by atoms with E-state index < -0.39 is 0 Å². The fourth-order valence-corrected chi connectivity index (χ4v) is 2.83. The predicted octanol–water partition coefficient (Wildman–Crippen LogP) is 1.68. The number of carbonyl (C=O) groups excluding carboxylic acids is 1. The maximum Gasteiger partial charge on any atom is 0.266 e. The topological polar surface area (TPSA) is 105 Å². The minimum atomic E-state index is -0.306. The molecule has 8 nitrogen and oxygen atoms in total. The summed E-state index contributed by atoms with van der Waals surface area (Å²) in [4.78, 5) is 32.3. The summed E-state index contributed by atoms with van der Waals surface area (Å²) in [6, 6.07) is 4.83. The molecule has 9 heteroatoms. The smallest absolute Gasteiger partial charge is 0.266 e. The minimum Gasteiger partial charge on any atom is -0.461 e. The van der Waals surface area contributed by atoms with E-state index in [9.17, 15) is 9.59 Å². The lowest BCUT2D eigenvalue weighted by Crippen LogP contribution is -2.41. The number of nitrogens with zero attached hydrogens (tertiary/aromatic N) is 3. The second-order valence-corrected chi connectivity index (χ2v) is 7.15. The highest BCUT2D eigenvalue weighted by molar-refractivity contribution is 7.99. The Kier molecular flexibility index (Phi) is 4.18. The largest absolute Gasteiger partial charge is 0.461 e. The quantitative estimate of drug-likeness (QED) is 0.696. The summed E-state index contributed by atoms with van der Waals surface area (Å²) in [5.74, 6) is 0.902. The van der Waals surface area contributed by atoms with Gasteiger partial charge in [-0.1, -0.05) is 11.8 Å². The zero-order valence-electron chi connectivity index (χ0n) is 13.5. The first-order valence-electron chi connectivity index (χ1n) is 7.29. The number of hydrogen-bond donors (Lipinski definition) is 2. The van der Waals surface area contributed by atoms with Crippen LogP contribution in [0.2, 0.25) is 0 Å². The number of carbonyl (C=O) groups is 1.